The van der Waals surface area contributed by atoms with Crippen LogP contribution in [0.15, 0.2) is 0 Å². The molecule has 0 fully saturated rings. The molecule has 0 saturated carbocycles. The number of carbonyl (C=O) groups excluding carboxylic acids is 4. The molecule has 0 radical (unpaired) electrons. The molecule has 0 heterocycles. The van der Waals surface area contributed by atoms with Gasteiger partial charge in [-0.05, 0) is 25.7 Å². The maximum Gasteiger partial charge on any atom is 0.326 e. The van der Waals surface area contributed by atoms with Crippen LogP contribution in [0, 0.1) is 0 Å². The third-order valence-corrected chi connectivity index (χ3v) is 8.74. The Hall–Kier alpha value is -4.68. The van der Waals surface area contributed by atoms with Gasteiger partial charge in [-0.1, -0.05) is 21.6 Å². The molecule has 0 aliphatic rings. The number of hydrogen-bond donors (Lipinski definition) is 12. The van der Waals surface area contributed by atoms with Gasteiger partial charge in [0.05, 0.1) is 12.8 Å². The van der Waals surface area contributed by atoms with E-state index in [4.69, 9.17) is 31.9 Å². The molecule has 6 atom stereocenters. The third-order valence-electron chi connectivity index (χ3n) is 6.32. The van der Waals surface area contributed by atoms with E-state index in [1.165, 1.54) is 0 Å². The van der Waals surface area contributed by atoms with Crippen molar-refractivity contribution in [3.05, 3.63) is 0 Å². The largest absolute Gasteiger partial charge is 0.481 e. The van der Waals surface area contributed by atoms with E-state index in [1.54, 1.807) is 0 Å². The molecule has 0 spiro atoms. The standard InChI is InChI=1S/C26H40N6O16S2/c27-11(23(41)42)3-1-5-17(33)29-15(21(39)31-13(25(45)46)7-19(35)36)9-49-50-10-16(22(40)32-14(26(47)48)8-20(37)38)30-18(34)6-2-4-12(28)24(43)44/h11-16H,1-10,27-28H2,(H,29,33)(H,30,34)(H,31,39)(H,32,40)(H,35,36)(H,37,38)(H,41,42)(H,43,44)(H,45,46)(H,47,48)/t11-,12-,13+,14+,15?,16?/m0/s1. The minimum absolute atomic E-state index is 0.00968. The molecule has 0 aromatic rings. The first kappa shape index (κ1) is 45.3. The lowest BCUT2D eigenvalue weighted by molar-refractivity contribution is -0.147. The molecule has 0 aliphatic heterocycles. The molecule has 282 valence electrons. The highest BCUT2D eigenvalue weighted by atomic mass is 33.1. The van der Waals surface area contributed by atoms with Crippen molar-refractivity contribution in [3.8, 4) is 0 Å². The Balaban J connectivity index is 5.78. The summed E-state index contributed by atoms with van der Waals surface area (Å²) in [5, 5.41) is 62.9. The predicted octanol–water partition coefficient (Wildman–Crippen LogP) is -3.41. The molecule has 0 rings (SSSR count). The summed E-state index contributed by atoms with van der Waals surface area (Å²) in [7, 11) is 1.61. The molecule has 0 aromatic carbocycles. The van der Waals surface area contributed by atoms with E-state index in [1.807, 2.05) is 10.6 Å². The Morgan fingerprint density at radius 2 is 0.800 bits per heavy atom. The van der Waals surface area contributed by atoms with Crippen molar-refractivity contribution >= 4 is 81.0 Å². The van der Waals surface area contributed by atoms with Crippen LogP contribution in [0.5, 0.6) is 0 Å². The average molecular weight is 757 g/mol. The zero-order valence-electron chi connectivity index (χ0n) is 26.3. The van der Waals surface area contributed by atoms with E-state index in [0.717, 1.165) is 21.6 Å². The zero-order chi connectivity index (χ0) is 38.6. The molecule has 0 bridgehead atoms. The van der Waals surface area contributed by atoms with Gasteiger partial charge < -0.3 is 63.4 Å². The van der Waals surface area contributed by atoms with E-state index >= 15 is 0 Å². The fourth-order valence-electron chi connectivity index (χ4n) is 3.64. The van der Waals surface area contributed by atoms with E-state index < -0.39 is 109 Å². The Kier molecular flexibility index (Phi) is 21.4. The number of carboxylic acids is 6. The summed E-state index contributed by atoms with van der Waals surface area (Å²) in [5.74, 6) is -13.5. The Labute approximate surface area is 291 Å². The summed E-state index contributed by atoms with van der Waals surface area (Å²) in [6.07, 6.45) is -2.82. The Morgan fingerprint density at radius 3 is 1.06 bits per heavy atom. The Bertz CT molecular complexity index is 1180. The lowest BCUT2D eigenvalue weighted by Crippen LogP contribution is -2.53. The molecular formula is C26H40N6O16S2. The van der Waals surface area contributed by atoms with E-state index in [0.29, 0.717) is 0 Å². The van der Waals surface area contributed by atoms with Gasteiger partial charge in [-0.2, -0.15) is 0 Å². The van der Waals surface area contributed by atoms with Crippen molar-refractivity contribution in [1.82, 2.24) is 21.3 Å². The van der Waals surface area contributed by atoms with Gasteiger partial charge in [0.1, 0.15) is 36.3 Å². The highest BCUT2D eigenvalue weighted by Crippen LogP contribution is 2.24. The van der Waals surface area contributed by atoms with Gasteiger partial charge in [-0.25, -0.2) is 9.59 Å². The normalized spacial score (nSPS) is 14.4. The number of rotatable bonds is 27. The van der Waals surface area contributed by atoms with Gasteiger partial charge in [0, 0.05) is 24.3 Å². The van der Waals surface area contributed by atoms with Crippen molar-refractivity contribution in [3.63, 3.8) is 0 Å². The first-order valence-electron chi connectivity index (χ1n) is 14.5. The molecule has 50 heavy (non-hydrogen) atoms. The minimum Gasteiger partial charge on any atom is -0.481 e. The van der Waals surface area contributed by atoms with Gasteiger partial charge in [0.25, 0.3) is 0 Å². The number of aliphatic carboxylic acids is 6. The second kappa shape index (κ2) is 23.6. The molecule has 0 aromatic heterocycles. The van der Waals surface area contributed by atoms with Crippen LogP contribution < -0.4 is 32.7 Å². The predicted molar refractivity (Wildman–Crippen MR) is 171 cm³/mol. The molecule has 14 N–H and O–H groups in total. The van der Waals surface area contributed by atoms with Crippen LogP contribution >= 0.6 is 21.6 Å². The fourth-order valence-corrected chi connectivity index (χ4v) is 5.97. The van der Waals surface area contributed by atoms with Crippen molar-refractivity contribution in [1.29, 1.82) is 0 Å². The summed E-state index contributed by atoms with van der Waals surface area (Å²) >= 11 is 0. The van der Waals surface area contributed by atoms with Gasteiger partial charge in [0.15, 0.2) is 0 Å². The highest BCUT2D eigenvalue weighted by molar-refractivity contribution is 8.76. The van der Waals surface area contributed by atoms with Gasteiger partial charge in [-0.15, -0.1) is 0 Å². The summed E-state index contributed by atoms with van der Waals surface area (Å²) in [6, 6.07) is -9.29. The summed E-state index contributed by atoms with van der Waals surface area (Å²) in [5.41, 5.74) is 10.8. The number of carboxylic acid groups (broad SMARTS) is 6. The van der Waals surface area contributed by atoms with E-state index in [2.05, 4.69) is 10.6 Å². The zero-order valence-corrected chi connectivity index (χ0v) is 27.9. The highest BCUT2D eigenvalue weighted by Gasteiger charge is 2.31. The number of hydrogen-bond acceptors (Lipinski definition) is 14. The molecule has 2 unspecified atom stereocenters. The SMILES string of the molecule is N[C@@H](CCCC(=O)NC(CSSCC(NC(=O)CCC[C@H](N)C(=O)O)C(=O)N[C@H](CC(=O)O)C(=O)O)C(=O)N[C@H](CC(=O)O)C(=O)O)C(=O)O. The van der Waals surface area contributed by atoms with Crippen molar-refractivity contribution in [2.75, 3.05) is 11.5 Å². The topological polar surface area (TPSA) is 392 Å². The van der Waals surface area contributed by atoms with Crippen LogP contribution in [-0.2, 0) is 47.9 Å². The fraction of sp³-hybridized carbons (Fsp3) is 0.615. The van der Waals surface area contributed by atoms with Crippen LogP contribution in [0.4, 0.5) is 0 Å². The Morgan fingerprint density at radius 1 is 0.480 bits per heavy atom. The number of nitrogens with two attached hydrogens (primary N) is 2. The lowest BCUT2D eigenvalue weighted by atomic mass is 10.1. The molecule has 0 aliphatic carbocycles. The van der Waals surface area contributed by atoms with Crippen LogP contribution in [0.2, 0.25) is 0 Å². The average Bonchev–Trinajstić information content (AvgIpc) is 3.00. The monoisotopic (exact) mass is 756 g/mol. The number of carbonyl (C=O) groups is 10. The second-order valence-corrected chi connectivity index (χ2v) is 13.0. The quantitative estimate of drug-likeness (QED) is 0.0287. The first-order chi connectivity index (χ1) is 23.2. The maximum atomic E-state index is 12.9. The van der Waals surface area contributed by atoms with Crippen LogP contribution in [0.1, 0.15) is 51.4 Å². The maximum absolute atomic E-state index is 12.9. The third kappa shape index (κ3) is 20.0. The summed E-state index contributed by atoms with van der Waals surface area (Å²) < 4.78 is 0. The minimum atomic E-state index is -1.88. The van der Waals surface area contributed by atoms with Crippen molar-refractivity contribution < 1.29 is 78.6 Å². The summed E-state index contributed by atoms with van der Waals surface area (Å²) in [4.78, 5) is 118. The summed E-state index contributed by atoms with van der Waals surface area (Å²) in [6.45, 7) is 0. The second-order valence-electron chi connectivity index (χ2n) is 10.5. The van der Waals surface area contributed by atoms with E-state index in [9.17, 15) is 58.2 Å². The van der Waals surface area contributed by atoms with Crippen molar-refractivity contribution in [2.45, 2.75) is 87.6 Å². The van der Waals surface area contributed by atoms with E-state index in [-0.39, 0.29) is 50.0 Å². The molecule has 24 heteroatoms. The molecule has 22 nitrogen and oxygen atoms in total. The number of amides is 4. The van der Waals surface area contributed by atoms with Gasteiger partial charge in [-0.3, -0.25) is 38.4 Å². The number of nitrogens with one attached hydrogen (secondary N) is 4. The van der Waals surface area contributed by atoms with Gasteiger partial charge in [0.2, 0.25) is 23.6 Å². The molecular weight excluding hydrogens is 716 g/mol. The van der Waals surface area contributed by atoms with Crippen LogP contribution in [-0.4, -0.2) is 138 Å². The lowest BCUT2D eigenvalue weighted by Gasteiger charge is -2.22. The van der Waals surface area contributed by atoms with Crippen molar-refractivity contribution in [2.24, 2.45) is 11.5 Å². The van der Waals surface area contributed by atoms with Gasteiger partial charge >= 0.3 is 35.8 Å². The smallest absolute Gasteiger partial charge is 0.326 e. The molecule has 0 saturated heterocycles. The first-order valence-corrected chi connectivity index (χ1v) is 17.0. The van der Waals surface area contributed by atoms with Crippen LogP contribution in [0.25, 0.3) is 0 Å². The molecule has 4 amide bonds. The van der Waals surface area contributed by atoms with Crippen LogP contribution in [0.3, 0.4) is 0 Å².